The van der Waals surface area contributed by atoms with E-state index in [1.54, 1.807) is 12.1 Å². The number of aryl methyl sites for hydroxylation is 1. The number of rotatable bonds is 4. The lowest BCUT2D eigenvalue weighted by Crippen LogP contribution is -2.40. The molecule has 4 rings (SSSR count). The van der Waals surface area contributed by atoms with Gasteiger partial charge >= 0.3 is 0 Å². The van der Waals surface area contributed by atoms with Crippen LogP contribution in [-0.4, -0.2) is 49.9 Å². The van der Waals surface area contributed by atoms with E-state index in [0.717, 1.165) is 25.0 Å². The van der Waals surface area contributed by atoms with E-state index in [0.29, 0.717) is 42.9 Å². The normalized spacial score (nSPS) is 20.5. The third kappa shape index (κ3) is 3.98. The number of nitrogens with zero attached hydrogens (tertiary/aromatic N) is 2. The van der Waals surface area contributed by atoms with Crippen molar-refractivity contribution < 1.29 is 17.9 Å². The summed E-state index contributed by atoms with van der Waals surface area (Å²) in [6.45, 7) is 3.63. The van der Waals surface area contributed by atoms with E-state index < -0.39 is 10.0 Å². The van der Waals surface area contributed by atoms with Gasteiger partial charge in [-0.1, -0.05) is 13.0 Å². The summed E-state index contributed by atoms with van der Waals surface area (Å²) in [6.07, 6.45) is 3.05. The molecule has 1 saturated heterocycles. The Morgan fingerprint density at radius 1 is 1.32 bits per heavy atom. The molecule has 0 spiro atoms. The minimum Gasteiger partial charge on any atom is -0.379 e. The van der Waals surface area contributed by atoms with E-state index in [9.17, 15) is 13.2 Å². The second-order valence-electron chi connectivity index (χ2n) is 7.24. The number of carbonyl (C=O) groups is 1. The minimum absolute atomic E-state index is 0.120. The topological polar surface area (TPSA) is 88.6 Å². The summed E-state index contributed by atoms with van der Waals surface area (Å²) in [6, 6.07) is 6.15. The lowest BCUT2D eigenvalue weighted by molar-refractivity contribution is 0.0730. The zero-order valence-corrected chi connectivity index (χ0v) is 17.3. The molecule has 1 aromatic carbocycles. The van der Waals surface area contributed by atoms with Gasteiger partial charge in [-0.25, -0.2) is 13.4 Å². The SMILES string of the molecule is CC1CCc2nc(NC(=O)c3cccc(S(=O)(=O)N4CCOCC4)c3)sc2C1. The van der Waals surface area contributed by atoms with Gasteiger partial charge in [-0.15, -0.1) is 11.3 Å². The van der Waals surface area contributed by atoms with Crippen molar-refractivity contribution in [3.63, 3.8) is 0 Å². The number of aromatic nitrogens is 1. The number of carbonyl (C=O) groups excluding carboxylic acids is 1. The molecule has 1 aliphatic heterocycles. The summed E-state index contributed by atoms with van der Waals surface area (Å²) in [7, 11) is -3.64. The van der Waals surface area contributed by atoms with Gasteiger partial charge < -0.3 is 4.74 Å². The van der Waals surface area contributed by atoms with Gasteiger partial charge in [-0.2, -0.15) is 4.31 Å². The van der Waals surface area contributed by atoms with Crippen LogP contribution in [0.25, 0.3) is 0 Å². The molecule has 1 amide bonds. The van der Waals surface area contributed by atoms with Crippen molar-refractivity contribution in [2.45, 2.75) is 31.1 Å². The van der Waals surface area contributed by atoms with Crippen molar-refractivity contribution in [2.24, 2.45) is 5.92 Å². The molecular weight excluding hydrogens is 398 g/mol. The maximum absolute atomic E-state index is 12.8. The number of anilines is 1. The van der Waals surface area contributed by atoms with Crippen LogP contribution in [0.2, 0.25) is 0 Å². The Kier molecular flexibility index (Phi) is 5.50. The fourth-order valence-electron chi connectivity index (χ4n) is 3.50. The number of hydrogen-bond acceptors (Lipinski definition) is 6. The largest absolute Gasteiger partial charge is 0.379 e. The second kappa shape index (κ2) is 7.90. The molecule has 2 heterocycles. The number of amides is 1. The second-order valence-corrected chi connectivity index (χ2v) is 10.3. The average Bonchev–Trinajstić information content (AvgIpc) is 3.10. The van der Waals surface area contributed by atoms with Crippen LogP contribution >= 0.6 is 11.3 Å². The fraction of sp³-hybridized carbons (Fsp3) is 0.474. The molecule has 0 radical (unpaired) electrons. The summed E-state index contributed by atoms with van der Waals surface area (Å²) >= 11 is 1.51. The quantitative estimate of drug-likeness (QED) is 0.820. The van der Waals surface area contributed by atoms with Gasteiger partial charge in [-0.3, -0.25) is 10.1 Å². The Balaban J connectivity index is 1.52. The predicted molar refractivity (Wildman–Crippen MR) is 107 cm³/mol. The Hall–Kier alpha value is -1.81. The maximum atomic E-state index is 12.8. The van der Waals surface area contributed by atoms with Crippen LogP contribution < -0.4 is 5.32 Å². The highest BCUT2D eigenvalue weighted by Crippen LogP contribution is 2.32. The van der Waals surface area contributed by atoms with Gasteiger partial charge in [0, 0.05) is 23.5 Å². The number of morpholine rings is 1. The first-order valence-electron chi connectivity index (χ1n) is 9.41. The molecule has 2 aliphatic rings. The molecule has 9 heteroatoms. The first-order valence-corrected chi connectivity index (χ1v) is 11.7. The summed E-state index contributed by atoms with van der Waals surface area (Å²) in [5.74, 6) is 0.289. The maximum Gasteiger partial charge on any atom is 0.257 e. The van der Waals surface area contributed by atoms with Crippen molar-refractivity contribution in [1.82, 2.24) is 9.29 Å². The Labute approximate surface area is 168 Å². The van der Waals surface area contributed by atoms with E-state index in [-0.39, 0.29) is 10.8 Å². The van der Waals surface area contributed by atoms with E-state index >= 15 is 0 Å². The van der Waals surface area contributed by atoms with Gasteiger partial charge in [0.05, 0.1) is 23.8 Å². The number of nitrogens with one attached hydrogen (secondary N) is 1. The van der Waals surface area contributed by atoms with Gasteiger partial charge in [0.15, 0.2) is 5.13 Å². The Bertz CT molecular complexity index is 981. The molecule has 1 aliphatic carbocycles. The van der Waals surface area contributed by atoms with Crippen LogP contribution in [-0.2, 0) is 27.6 Å². The zero-order chi connectivity index (χ0) is 19.7. The summed E-state index contributed by atoms with van der Waals surface area (Å²) in [5.41, 5.74) is 1.37. The van der Waals surface area contributed by atoms with Crippen LogP contribution in [0, 0.1) is 5.92 Å². The van der Waals surface area contributed by atoms with Gasteiger partial charge in [0.2, 0.25) is 10.0 Å². The Morgan fingerprint density at radius 2 is 2.11 bits per heavy atom. The number of thiazole rings is 1. The lowest BCUT2D eigenvalue weighted by Gasteiger charge is -2.26. The number of sulfonamides is 1. The van der Waals surface area contributed by atoms with E-state index in [2.05, 4.69) is 17.2 Å². The molecular formula is C19H23N3O4S2. The summed E-state index contributed by atoms with van der Waals surface area (Å²) < 4.78 is 32.2. The van der Waals surface area contributed by atoms with E-state index in [1.807, 2.05) is 0 Å². The number of ether oxygens (including phenoxy) is 1. The molecule has 0 bridgehead atoms. The number of fused-ring (bicyclic) bond motifs is 1. The van der Waals surface area contributed by atoms with E-state index in [1.165, 1.54) is 32.7 Å². The smallest absolute Gasteiger partial charge is 0.257 e. The van der Waals surface area contributed by atoms with Crippen molar-refractivity contribution in [2.75, 3.05) is 31.6 Å². The summed E-state index contributed by atoms with van der Waals surface area (Å²) in [5, 5.41) is 3.40. The molecule has 1 unspecified atom stereocenters. The highest BCUT2D eigenvalue weighted by molar-refractivity contribution is 7.89. The number of hydrogen-bond donors (Lipinski definition) is 1. The van der Waals surface area contributed by atoms with Crippen molar-refractivity contribution in [1.29, 1.82) is 0 Å². The highest BCUT2D eigenvalue weighted by Gasteiger charge is 2.27. The third-order valence-corrected chi connectivity index (χ3v) is 8.04. The first-order chi connectivity index (χ1) is 13.4. The zero-order valence-electron chi connectivity index (χ0n) is 15.7. The molecule has 0 saturated carbocycles. The highest BCUT2D eigenvalue weighted by atomic mass is 32.2. The van der Waals surface area contributed by atoms with Crippen LogP contribution in [0.15, 0.2) is 29.2 Å². The fourth-order valence-corrected chi connectivity index (χ4v) is 6.12. The molecule has 1 atom stereocenters. The molecule has 150 valence electrons. The number of benzene rings is 1. The monoisotopic (exact) mass is 421 g/mol. The van der Waals surface area contributed by atoms with Crippen LogP contribution in [0.4, 0.5) is 5.13 Å². The van der Waals surface area contributed by atoms with Crippen LogP contribution in [0.1, 0.15) is 34.3 Å². The van der Waals surface area contributed by atoms with Crippen molar-refractivity contribution >= 4 is 32.4 Å². The Morgan fingerprint density at radius 3 is 2.89 bits per heavy atom. The van der Waals surface area contributed by atoms with Crippen molar-refractivity contribution in [3.05, 3.63) is 40.4 Å². The summed E-state index contributed by atoms with van der Waals surface area (Å²) in [4.78, 5) is 18.6. The third-order valence-electron chi connectivity index (χ3n) is 5.11. The minimum atomic E-state index is -3.64. The van der Waals surface area contributed by atoms with Crippen LogP contribution in [0.5, 0.6) is 0 Å². The van der Waals surface area contributed by atoms with E-state index in [4.69, 9.17) is 4.74 Å². The molecule has 7 nitrogen and oxygen atoms in total. The standard InChI is InChI=1S/C19H23N3O4S2/c1-13-5-6-16-17(11-13)27-19(20-16)21-18(23)14-3-2-4-15(12-14)28(24,25)22-7-9-26-10-8-22/h2-4,12-13H,5-11H2,1H3,(H,20,21,23). The van der Waals surface area contributed by atoms with Crippen LogP contribution in [0.3, 0.4) is 0 Å². The molecule has 1 N–H and O–H groups in total. The average molecular weight is 422 g/mol. The van der Waals surface area contributed by atoms with Crippen molar-refractivity contribution in [3.8, 4) is 0 Å². The van der Waals surface area contributed by atoms with Gasteiger partial charge in [-0.05, 0) is 43.4 Å². The molecule has 1 fully saturated rings. The van der Waals surface area contributed by atoms with Gasteiger partial charge in [0.25, 0.3) is 5.91 Å². The molecule has 1 aromatic heterocycles. The first kappa shape index (κ1) is 19.5. The molecule has 28 heavy (non-hydrogen) atoms. The van der Waals surface area contributed by atoms with Gasteiger partial charge in [0.1, 0.15) is 0 Å². The lowest BCUT2D eigenvalue weighted by atomic mass is 9.93. The predicted octanol–water partition coefficient (Wildman–Crippen LogP) is 2.54. The molecule has 2 aromatic rings.